The number of hydrogen-bond donors (Lipinski definition) is 1. The van der Waals surface area contributed by atoms with Crippen molar-refractivity contribution in [2.75, 3.05) is 7.11 Å². The molecule has 7 heteroatoms. The fourth-order valence-corrected chi connectivity index (χ4v) is 1.57. The average molecular weight is 281 g/mol. The molecule has 0 saturated carbocycles. The normalized spacial score (nSPS) is 10.8. The lowest BCUT2D eigenvalue weighted by molar-refractivity contribution is -0.131. The van der Waals surface area contributed by atoms with E-state index in [2.05, 4.69) is 10.2 Å². The van der Waals surface area contributed by atoms with E-state index in [-0.39, 0.29) is 11.8 Å². The van der Waals surface area contributed by atoms with Crippen molar-refractivity contribution in [2.45, 2.75) is 0 Å². The van der Waals surface area contributed by atoms with E-state index in [1.165, 1.54) is 13.2 Å². The van der Waals surface area contributed by atoms with Gasteiger partial charge in [-0.2, -0.15) is 0 Å². The highest BCUT2D eigenvalue weighted by molar-refractivity contribution is 6.30. The Morgan fingerprint density at radius 3 is 2.95 bits per heavy atom. The van der Waals surface area contributed by atoms with Gasteiger partial charge in [0.15, 0.2) is 0 Å². The van der Waals surface area contributed by atoms with Gasteiger partial charge in [-0.25, -0.2) is 4.79 Å². The van der Waals surface area contributed by atoms with Crippen molar-refractivity contribution < 1.29 is 19.1 Å². The van der Waals surface area contributed by atoms with Crippen LogP contribution in [0.2, 0.25) is 5.02 Å². The van der Waals surface area contributed by atoms with E-state index in [1.807, 2.05) is 0 Å². The highest BCUT2D eigenvalue weighted by Crippen LogP contribution is 2.31. The number of aromatic nitrogens is 2. The fraction of sp³-hybridized carbons (Fsp3) is 0.0833. The predicted octanol–water partition coefficient (Wildman–Crippen LogP) is 2.50. The van der Waals surface area contributed by atoms with Gasteiger partial charge in [-0.1, -0.05) is 11.6 Å². The van der Waals surface area contributed by atoms with Gasteiger partial charge in [0.1, 0.15) is 5.75 Å². The molecule has 0 unspecified atom stereocenters. The highest BCUT2D eigenvalue weighted by Gasteiger charge is 2.13. The maximum atomic E-state index is 10.4. The van der Waals surface area contributed by atoms with Crippen molar-refractivity contribution in [1.82, 2.24) is 10.2 Å². The molecule has 19 heavy (non-hydrogen) atoms. The van der Waals surface area contributed by atoms with Crippen molar-refractivity contribution in [3.63, 3.8) is 0 Å². The summed E-state index contributed by atoms with van der Waals surface area (Å²) in [7, 11) is 1.51. The van der Waals surface area contributed by atoms with E-state index in [0.717, 1.165) is 6.08 Å². The van der Waals surface area contributed by atoms with Gasteiger partial charge in [0.05, 0.1) is 12.7 Å². The van der Waals surface area contributed by atoms with E-state index in [0.29, 0.717) is 16.3 Å². The van der Waals surface area contributed by atoms with Crippen molar-refractivity contribution >= 4 is 23.6 Å². The van der Waals surface area contributed by atoms with Crippen LogP contribution in [0.4, 0.5) is 0 Å². The van der Waals surface area contributed by atoms with E-state index in [4.69, 9.17) is 25.9 Å². The number of nitrogens with zero attached hydrogens (tertiary/aromatic N) is 2. The molecule has 0 atom stereocenters. The lowest BCUT2D eigenvalue weighted by Gasteiger charge is -2.04. The van der Waals surface area contributed by atoms with E-state index in [9.17, 15) is 4.79 Å². The summed E-state index contributed by atoms with van der Waals surface area (Å²) in [5.41, 5.74) is 0.539. The molecule has 0 radical (unpaired) electrons. The van der Waals surface area contributed by atoms with Gasteiger partial charge in [-0.3, -0.25) is 0 Å². The molecule has 2 aromatic rings. The van der Waals surface area contributed by atoms with E-state index < -0.39 is 5.97 Å². The monoisotopic (exact) mass is 280 g/mol. The summed E-state index contributed by atoms with van der Waals surface area (Å²) in [6.07, 6.45) is 2.11. The van der Waals surface area contributed by atoms with Crippen LogP contribution < -0.4 is 4.74 Å². The van der Waals surface area contributed by atoms with Crippen LogP contribution in [0.15, 0.2) is 28.7 Å². The van der Waals surface area contributed by atoms with Crippen LogP contribution in [0.3, 0.4) is 0 Å². The second-order valence-electron chi connectivity index (χ2n) is 3.46. The summed E-state index contributed by atoms with van der Waals surface area (Å²) in [5, 5.41) is 16.5. The Labute approximate surface area is 113 Å². The molecule has 2 rings (SSSR count). The maximum absolute atomic E-state index is 10.4. The smallest absolute Gasteiger partial charge is 0.328 e. The number of rotatable bonds is 4. The minimum Gasteiger partial charge on any atom is -0.496 e. The van der Waals surface area contributed by atoms with Crippen LogP contribution in [0, 0.1) is 0 Å². The van der Waals surface area contributed by atoms with E-state index in [1.54, 1.807) is 18.2 Å². The van der Waals surface area contributed by atoms with Crippen molar-refractivity contribution in [2.24, 2.45) is 0 Å². The fourth-order valence-electron chi connectivity index (χ4n) is 1.40. The zero-order valence-corrected chi connectivity index (χ0v) is 10.6. The first-order chi connectivity index (χ1) is 9.10. The SMILES string of the molecule is COc1ccc(Cl)cc1-c1nnc(/C=C/C(=O)O)o1. The minimum absolute atomic E-state index is 0.0828. The molecule has 0 bridgehead atoms. The molecule has 1 heterocycles. The molecular formula is C12H9ClN2O4. The van der Waals surface area contributed by atoms with Crippen LogP contribution in [0.1, 0.15) is 5.89 Å². The molecule has 0 amide bonds. The van der Waals surface area contributed by atoms with Crippen LogP contribution in [-0.4, -0.2) is 28.4 Å². The summed E-state index contributed by atoms with van der Waals surface area (Å²) in [6, 6.07) is 4.97. The summed E-state index contributed by atoms with van der Waals surface area (Å²) in [4.78, 5) is 10.4. The molecule has 98 valence electrons. The molecule has 0 aliphatic rings. The first-order valence-corrected chi connectivity index (χ1v) is 5.56. The second-order valence-corrected chi connectivity index (χ2v) is 3.90. The second kappa shape index (κ2) is 5.53. The summed E-state index contributed by atoms with van der Waals surface area (Å²) < 4.78 is 10.5. The Morgan fingerprint density at radius 2 is 2.26 bits per heavy atom. The molecule has 1 aromatic carbocycles. The average Bonchev–Trinajstić information content (AvgIpc) is 2.85. The summed E-state index contributed by atoms with van der Waals surface area (Å²) in [5.74, 6) is -0.286. The first kappa shape index (κ1) is 13.1. The number of hydrogen-bond acceptors (Lipinski definition) is 5. The van der Waals surface area contributed by atoms with Gasteiger partial charge < -0.3 is 14.3 Å². The Balaban J connectivity index is 2.37. The zero-order valence-electron chi connectivity index (χ0n) is 9.83. The van der Waals surface area contributed by atoms with Gasteiger partial charge in [0.2, 0.25) is 5.89 Å². The first-order valence-electron chi connectivity index (χ1n) is 5.18. The number of carboxylic acids is 1. The van der Waals surface area contributed by atoms with Crippen molar-refractivity contribution in [3.8, 4) is 17.2 Å². The van der Waals surface area contributed by atoms with Gasteiger partial charge >= 0.3 is 5.97 Å². The molecule has 6 nitrogen and oxygen atoms in total. The zero-order chi connectivity index (χ0) is 13.8. The molecular weight excluding hydrogens is 272 g/mol. The highest BCUT2D eigenvalue weighted by atomic mass is 35.5. The van der Waals surface area contributed by atoms with Gasteiger partial charge in [0.25, 0.3) is 5.89 Å². The van der Waals surface area contributed by atoms with Gasteiger partial charge in [-0.05, 0) is 18.2 Å². The number of carboxylic acid groups (broad SMARTS) is 1. The third-order valence-electron chi connectivity index (χ3n) is 2.20. The number of benzene rings is 1. The summed E-state index contributed by atoms with van der Waals surface area (Å²) in [6.45, 7) is 0. The number of ether oxygens (including phenoxy) is 1. The molecule has 0 saturated heterocycles. The Bertz CT molecular complexity index is 636. The van der Waals surface area contributed by atoms with Crippen molar-refractivity contribution in [1.29, 1.82) is 0 Å². The summed E-state index contributed by atoms with van der Waals surface area (Å²) >= 11 is 5.90. The van der Waals surface area contributed by atoms with Crippen molar-refractivity contribution in [3.05, 3.63) is 35.2 Å². The van der Waals surface area contributed by atoms with Crippen LogP contribution >= 0.6 is 11.6 Å². The number of halogens is 1. The van der Waals surface area contributed by atoms with Crippen LogP contribution in [-0.2, 0) is 4.79 Å². The number of aliphatic carboxylic acids is 1. The largest absolute Gasteiger partial charge is 0.496 e. The topological polar surface area (TPSA) is 85.5 Å². The minimum atomic E-state index is -1.10. The standard InChI is InChI=1S/C12H9ClN2O4/c1-18-9-3-2-7(13)6-8(9)12-15-14-10(19-12)4-5-11(16)17/h2-6H,1H3,(H,16,17)/b5-4+. The Morgan fingerprint density at radius 1 is 1.47 bits per heavy atom. The molecule has 1 N–H and O–H groups in total. The lowest BCUT2D eigenvalue weighted by Crippen LogP contribution is -1.87. The van der Waals surface area contributed by atoms with E-state index >= 15 is 0 Å². The van der Waals surface area contributed by atoms with Crippen LogP contribution in [0.5, 0.6) is 5.75 Å². The lowest BCUT2D eigenvalue weighted by atomic mass is 10.2. The van der Waals surface area contributed by atoms with Gasteiger partial charge in [-0.15, -0.1) is 10.2 Å². The molecule has 0 aliphatic carbocycles. The molecule has 0 spiro atoms. The van der Waals surface area contributed by atoms with Crippen LogP contribution in [0.25, 0.3) is 17.5 Å². The third-order valence-corrected chi connectivity index (χ3v) is 2.44. The Hall–Kier alpha value is -2.34. The quantitative estimate of drug-likeness (QED) is 0.866. The molecule has 0 fully saturated rings. The third kappa shape index (κ3) is 3.11. The number of carbonyl (C=O) groups is 1. The Kier molecular flexibility index (Phi) is 3.82. The molecule has 0 aliphatic heterocycles. The van der Waals surface area contributed by atoms with Gasteiger partial charge in [0, 0.05) is 17.2 Å². The molecule has 1 aromatic heterocycles. The maximum Gasteiger partial charge on any atom is 0.328 e. The predicted molar refractivity (Wildman–Crippen MR) is 68.0 cm³/mol. The number of methoxy groups -OCH3 is 1.